The van der Waals surface area contributed by atoms with Crippen LogP contribution in [0.15, 0.2) is 152 Å². The first-order valence-corrected chi connectivity index (χ1v) is 18.2. The highest BCUT2D eigenvalue weighted by Crippen LogP contribution is 2.56. The number of hydrogen-bond acceptors (Lipinski definition) is 1. The second kappa shape index (κ2) is 11.4. The number of aryl methyl sites for hydroxylation is 2. The number of benzene rings is 7. The molecule has 0 heterocycles. The summed E-state index contributed by atoms with van der Waals surface area (Å²) >= 11 is 0. The Bertz CT molecular complexity index is 2490. The largest absolute Gasteiger partial charge is 0.309 e. The van der Waals surface area contributed by atoms with Crippen molar-refractivity contribution < 1.29 is 0 Å². The Balaban J connectivity index is 1.35. The van der Waals surface area contributed by atoms with Gasteiger partial charge in [-0.05, 0) is 105 Å². The first kappa shape index (κ1) is 31.3. The zero-order valence-electron chi connectivity index (χ0n) is 30.4. The molecule has 0 saturated carbocycles. The Kier molecular flexibility index (Phi) is 7.03. The SMILES string of the molecule is Cc1ccc(-c2ccc(N(c3ccc4c(c3)C(C)(C)c3ccccc3-4)c3cccc4c3-c3ccccc3C4(C)C)c(-c3ccccc3C)c2)cc1. The number of fused-ring (bicyclic) bond motifs is 6. The molecule has 0 aromatic heterocycles. The topological polar surface area (TPSA) is 3.24 Å². The lowest BCUT2D eigenvalue weighted by molar-refractivity contribution is 0.660. The summed E-state index contributed by atoms with van der Waals surface area (Å²) in [7, 11) is 0. The first-order valence-electron chi connectivity index (χ1n) is 18.2. The van der Waals surface area contributed by atoms with Crippen molar-refractivity contribution in [2.45, 2.75) is 52.4 Å². The van der Waals surface area contributed by atoms with Gasteiger partial charge in [-0.15, -0.1) is 0 Å². The molecule has 0 atom stereocenters. The van der Waals surface area contributed by atoms with Crippen molar-refractivity contribution in [1.29, 1.82) is 0 Å². The molecular formula is C50H43N. The Labute approximate surface area is 302 Å². The van der Waals surface area contributed by atoms with Crippen LogP contribution in [0, 0.1) is 13.8 Å². The van der Waals surface area contributed by atoms with E-state index in [2.05, 4.69) is 198 Å². The third kappa shape index (κ3) is 4.75. The Hall–Kier alpha value is -5.66. The Morgan fingerprint density at radius 3 is 1.73 bits per heavy atom. The molecule has 9 rings (SSSR count). The normalized spacial score (nSPS) is 14.4. The molecule has 0 spiro atoms. The minimum absolute atomic E-state index is 0.108. The third-order valence-corrected chi connectivity index (χ3v) is 11.7. The fourth-order valence-corrected chi connectivity index (χ4v) is 8.91. The lowest BCUT2D eigenvalue weighted by Crippen LogP contribution is -2.18. The summed E-state index contributed by atoms with van der Waals surface area (Å²) in [6.07, 6.45) is 0. The highest BCUT2D eigenvalue weighted by atomic mass is 15.1. The molecule has 0 bridgehead atoms. The van der Waals surface area contributed by atoms with E-state index < -0.39 is 0 Å². The predicted octanol–water partition coefficient (Wildman–Crippen LogP) is 13.7. The maximum absolute atomic E-state index is 2.55. The quantitative estimate of drug-likeness (QED) is 0.178. The van der Waals surface area contributed by atoms with Crippen LogP contribution in [0.3, 0.4) is 0 Å². The van der Waals surface area contributed by atoms with Crippen molar-refractivity contribution in [1.82, 2.24) is 0 Å². The molecule has 248 valence electrons. The van der Waals surface area contributed by atoms with Gasteiger partial charge in [-0.2, -0.15) is 0 Å². The van der Waals surface area contributed by atoms with Crippen LogP contribution in [0.25, 0.3) is 44.5 Å². The summed E-state index contributed by atoms with van der Waals surface area (Å²) < 4.78 is 0. The summed E-state index contributed by atoms with van der Waals surface area (Å²) in [6.45, 7) is 13.9. The highest BCUT2D eigenvalue weighted by Gasteiger charge is 2.39. The molecule has 0 radical (unpaired) electrons. The van der Waals surface area contributed by atoms with E-state index in [1.807, 2.05) is 0 Å². The number of rotatable bonds is 5. The smallest absolute Gasteiger partial charge is 0.0543 e. The van der Waals surface area contributed by atoms with Crippen LogP contribution in [0.2, 0.25) is 0 Å². The fourth-order valence-electron chi connectivity index (χ4n) is 8.91. The maximum Gasteiger partial charge on any atom is 0.0543 e. The van der Waals surface area contributed by atoms with E-state index in [-0.39, 0.29) is 10.8 Å². The predicted molar refractivity (Wildman–Crippen MR) is 217 cm³/mol. The van der Waals surface area contributed by atoms with Crippen molar-refractivity contribution in [3.05, 3.63) is 185 Å². The number of nitrogens with zero attached hydrogens (tertiary/aromatic N) is 1. The molecule has 51 heavy (non-hydrogen) atoms. The van der Waals surface area contributed by atoms with Crippen molar-refractivity contribution >= 4 is 17.1 Å². The second-order valence-corrected chi connectivity index (χ2v) is 15.5. The fraction of sp³-hybridized carbons (Fsp3) is 0.160. The van der Waals surface area contributed by atoms with E-state index in [9.17, 15) is 0 Å². The first-order chi connectivity index (χ1) is 24.6. The molecule has 2 aliphatic rings. The van der Waals surface area contributed by atoms with Gasteiger partial charge >= 0.3 is 0 Å². The number of anilines is 3. The van der Waals surface area contributed by atoms with Gasteiger partial charge < -0.3 is 4.90 Å². The lowest BCUT2D eigenvalue weighted by atomic mass is 9.82. The Morgan fingerprint density at radius 2 is 0.980 bits per heavy atom. The van der Waals surface area contributed by atoms with Crippen LogP contribution in [0.4, 0.5) is 17.1 Å². The van der Waals surface area contributed by atoms with Crippen LogP contribution in [-0.2, 0) is 10.8 Å². The van der Waals surface area contributed by atoms with Crippen molar-refractivity contribution in [3.63, 3.8) is 0 Å². The van der Waals surface area contributed by atoms with Crippen LogP contribution >= 0.6 is 0 Å². The monoisotopic (exact) mass is 657 g/mol. The molecule has 7 aromatic rings. The van der Waals surface area contributed by atoms with Gasteiger partial charge in [-0.1, -0.05) is 155 Å². The van der Waals surface area contributed by atoms with Crippen molar-refractivity contribution in [2.75, 3.05) is 4.90 Å². The molecular weight excluding hydrogens is 615 g/mol. The third-order valence-electron chi connectivity index (χ3n) is 11.7. The average molecular weight is 658 g/mol. The molecule has 0 aliphatic heterocycles. The van der Waals surface area contributed by atoms with Gasteiger partial charge in [-0.3, -0.25) is 0 Å². The van der Waals surface area contributed by atoms with Crippen LogP contribution in [0.1, 0.15) is 61.1 Å². The van der Waals surface area contributed by atoms with Gasteiger partial charge in [0.05, 0.1) is 11.4 Å². The molecule has 0 amide bonds. The molecule has 1 heteroatoms. The summed E-state index contributed by atoms with van der Waals surface area (Å²) in [5.41, 5.74) is 21.6. The van der Waals surface area contributed by atoms with E-state index in [4.69, 9.17) is 0 Å². The minimum atomic E-state index is -0.116. The standard InChI is InChI=1S/C50H43N/c1-32-22-24-34(25-23-32)35-26-29-46(41(30-35)37-15-8-7-14-33(37)2)51(36-27-28-39-38-16-9-11-18-42(38)50(5,6)45(39)31-36)47-21-13-20-44-48(47)40-17-10-12-19-43(40)49(44,3)4/h7-31H,1-6H3. The molecule has 0 N–H and O–H groups in total. The van der Waals surface area contributed by atoms with Gasteiger partial charge in [-0.25, -0.2) is 0 Å². The molecule has 0 saturated heterocycles. The van der Waals surface area contributed by atoms with Crippen molar-refractivity contribution in [2.24, 2.45) is 0 Å². The zero-order valence-corrected chi connectivity index (χ0v) is 30.4. The average Bonchev–Trinajstić information content (AvgIpc) is 3.52. The van der Waals surface area contributed by atoms with E-state index >= 15 is 0 Å². The second-order valence-electron chi connectivity index (χ2n) is 15.5. The summed E-state index contributed by atoms with van der Waals surface area (Å²) in [5.74, 6) is 0. The molecule has 1 nitrogen and oxygen atoms in total. The van der Waals surface area contributed by atoms with Gasteiger partial charge in [0.1, 0.15) is 0 Å². The minimum Gasteiger partial charge on any atom is -0.309 e. The van der Waals surface area contributed by atoms with E-state index in [0.717, 1.165) is 0 Å². The zero-order chi connectivity index (χ0) is 35.1. The summed E-state index contributed by atoms with van der Waals surface area (Å²) in [6, 6.07) is 56.8. The van der Waals surface area contributed by atoms with Gasteiger partial charge in [0, 0.05) is 27.6 Å². The molecule has 0 fully saturated rings. The van der Waals surface area contributed by atoms with Gasteiger partial charge in [0.15, 0.2) is 0 Å². The van der Waals surface area contributed by atoms with Crippen molar-refractivity contribution in [3.8, 4) is 44.5 Å². The molecule has 2 aliphatic carbocycles. The Morgan fingerprint density at radius 1 is 0.392 bits per heavy atom. The van der Waals surface area contributed by atoms with Crippen LogP contribution < -0.4 is 4.90 Å². The maximum atomic E-state index is 2.55. The van der Waals surface area contributed by atoms with E-state index in [1.165, 1.54) is 95.0 Å². The highest BCUT2D eigenvalue weighted by molar-refractivity contribution is 5.99. The lowest BCUT2D eigenvalue weighted by Gasteiger charge is -2.32. The van der Waals surface area contributed by atoms with Crippen LogP contribution in [0.5, 0.6) is 0 Å². The number of hydrogen-bond donors (Lipinski definition) is 0. The van der Waals surface area contributed by atoms with E-state index in [1.54, 1.807) is 0 Å². The van der Waals surface area contributed by atoms with E-state index in [0.29, 0.717) is 0 Å². The molecule has 0 unspecified atom stereocenters. The van der Waals surface area contributed by atoms with Gasteiger partial charge in [0.2, 0.25) is 0 Å². The van der Waals surface area contributed by atoms with Crippen LogP contribution in [-0.4, -0.2) is 0 Å². The van der Waals surface area contributed by atoms with Gasteiger partial charge in [0.25, 0.3) is 0 Å². The summed E-state index contributed by atoms with van der Waals surface area (Å²) in [5, 5.41) is 0. The molecule has 7 aromatic carbocycles. The summed E-state index contributed by atoms with van der Waals surface area (Å²) in [4.78, 5) is 2.55.